The van der Waals surface area contributed by atoms with Crippen molar-refractivity contribution >= 4 is 50.7 Å². The molecule has 266 valence electrons. The molecular formula is C37H41Cl2N3O7S. The number of rotatable bonds is 17. The lowest BCUT2D eigenvalue weighted by Gasteiger charge is -2.34. The number of halogens is 2. The molecule has 0 aliphatic carbocycles. The molecule has 1 atom stereocenters. The molecule has 0 heterocycles. The Morgan fingerprint density at radius 2 is 1.42 bits per heavy atom. The number of ether oxygens (including phenoxy) is 3. The number of methoxy groups -OCH3 is 3. The van der Waals surface area contributed by atoms with Crippen LogP contribution in [-0.4, -0.2) is 65.6 Å². The van der Waals surface area contributed by atoms with Gasteiger partial charge in [-0.1, -0.05) is 79.0 Å². The van der Waals surface area contributed by atoms with Crippen LogP contribution in [0.15, 0.2) is 95.9 Å². The number of benzene rings is 4. The molecule has 0 aromatic heterocycles. The Kier molecular flexibility index (Phi) is 13.8. The molecule has 50 heavy (non-hydrogen) atoms. The maximum atomic E-state index is 14.7. The highest BCUT2D eigenvalue weighted by Crippen LogP contribution is 2.37. The van der Waals surface area contributed by atoms with Gasteiger partial charge in [0.1, 0.15) is 18.3 Å². The van der Waals surface area contributed by atoms with Crippen LogP contribution in [0.5, 0.6) is 17.2 Å². The summed E-state index contributed by atoms with van der Waals surface area (Å²) < 4.78 is 46.3. The van der Waals surface area contributed by atoms with Crippen LogP contribution in [0.3, 0.4) is 0 Å². The largest absolute Gasteiger partial charge is 0.495 e. The van der Waals surface area contributed by atoms with Crippen molar-refractivity contribution in [1.82, 2.24) is 10.2 Å². The molecule has 0 fully saturated rings. The molecule has 13 heteroatoms. The fraction of sp³-hybridized carbons (Fsp3) is 0.297. The van der Waals surface area contributed by atoms with Gasteiger partial charge in [-0.3, -0.25) is 13.9 Å². The summed E-state index contributed by atoms with van der Waals surface area (Å²) in [5.41, 5.74) is 1.54. The van der Waals surface area contributed by atoms with Crippen LogP contribution < -0.4 is 23.8 Å². The van der Waals surface area contributed by atoms with Gasteiger partial charge >= 0.3 is 0 Å². The lowest BCUT2D eigenvalue weighted by atomic mass is 10.0. The second kappa shape index (κ2) is 18.0. The number of carbonyl (C=O) groups is 2. The maximum absolute atomic E-state index is 14.7. The van der Waals surface area contributed by atoms with Gasteiger partial charge in [-0.25, -0.2) is 8.42 Å². The molecule has 1 N–H and O–H groups in total. The van der Waals surface area contributed by atoms with E-state index in [9.17, 15) is 18.0 Å². The summed E-state index contributed by atoms with van der Waals surface area (Å²) in [6, 6.07) is 23.9. The molecule has 0 saturated carbocycles. The second-order valence-electron chi connectivity index (χ2n) is 11.3. The molecular weight excluding hydrogens is 701 g/mol. The third-order valence-corrected chi connectivity index (χ3v) is 10.2. The van der Waals surface area contributed by atoms with E-state index in [-0.39, 0.29) is 46.0 Å². The summed E-state index contributed by atoms with van der Waals surface area (Å²) in [4.78, 5) is 29.9. The zero-order chi connectivity index (χ0) is 36.3. The first-order valence-electron chi connectivity index (χ1n) is 16.0. The minimum atomic E-state index is -4.50. The molecule has 2 amide bonds. The highest BCUT2D eigenvalue weighted by Gasteiger charge is 2.36. The van der Waals surface area contributed by atoms with Crippen molar-refractivity contribution in [3.8, 4) is 17.2 Å². The number of amides is 2. The first kappa shape index (κ1) is 38.4. The van der Waals surface area contributed by atoms with E-state index in [0.717, 1.165) is 22.7 Å². The van der Waals surface area contributed by atoms with Crippen LogP contribution in [0.1, 0.15) is 30.9 Å². The van der Waals surface area contributed by atoms with Crippen LogP contribution >= 0.6 is 23.2 Å². The van der Waals surface area contributed by atoms with Crippen LogP contribution in [-0.2, 0) is 32.6 Å². The summed E-state index contributed by atoms with van der Waals surface area (Å²) >= 11 is 12.6. The number of sulfonamides is 1. The Hall–Kier alpha value is -4.45. The zero-order valence-electron chi connectivity index (χ0n) is 28.4. The van der Waals surface area contributed by atoms with Gasteiger partial charge in [0.15, 0.2) is 11.5 Å². The van der Waals surface area contributed by atoms with E-state index in [4.69, 9.17) is 37.4 Å². The Balaban J connectivity index is 1.86. The smallest absolute Gasteiger partial charge is 0.265 e. The normalized spacial score (nSPS) is 11.7. The standard InChI is InChI=1S/C37H41Cl2N3O7S/c1-5-6-20-40-37(44)32(21-26-10-8-7-9-11-26)41(24-27-12-14-28(38)15-13-27)36(43)25-42(31-22-29(39)16-18-33(31)47-2)50(45,46)30-17-19-34(48-3)35(23-30)49-4/h7-19,22-23,32H,5-6,20-21,24-25H2,1-4H3,(H,40,44)/t32-/m1/s1. The van der Waals surface area contributed by atoms with E-state index in [1.54, 1.807) is 30.3 Å². The molecule has 0 radical (unpaired) electrons. The van der Waals surface area contributed by atoms with Gasteiger partial charge in [-0.2, -0.15) is 0 Å². The lowest BCUT2D eigenvalue weighted by Crippen LogP contribution is -2.53. The van der Waals surface area contributed by atoms with Crippen LogP contribution in [0, 0.1) is 0 Å². The molecule has 0 spiro atoms. The monoisotopic (exact) mass is 741 g/mol. The van der Waals surface area contributed by atoms with Crippen molar-refractivity contribution in [2.24, 2.45) is 0 Å². The van der Waals surface area contributed by atoms with Crippen molar-refractivity contribution in [3.63, 3.8) is 0 Å². The first-order chi connectivity index (χ1) is 24.0. The van der Waals surface area contributed by atoms with Crippen molar-refractivity contribution < 1.29 is 32.2 Å². The van der Waals surface area contributed by atoms with E-state index in [1.165, 1.54) is 56.6 Å². The first-order valence-corrected chi connectivity index (χ1v) is 18.2. The van der Waals surface area contributed by atoms with Crippen molar-refractivity contribution in [2.45, 2.75) is 43.7 Å². The highest BCUT2D eigenvalue weighted by atomic mass is 35.5. The number of carbonyl (C=O) groups excluding carboxylic acids is 2. The second-order valence-corrected chi connectivity index (χ2v) is 14.1. The minimum Gasteiger partial charge on any atom is -0.495 e. The summed E-state index contributed by atoms with van der Waals surface area (Å²) in [7, 11) is -0.279. The van der Waals surface area contributed by atoms with Gasteiger partial charge < -0.3 is 24.4 Å². The number of nitrogens with one attached hydrogen (secondary N) is 1. The Labute approximate surface area is 303 Å². The summed E-state index contributed by atoms with van der Waals surface area (Å²) in [6.45, 7) is 1.73. The van der Waals surface area contributed by atoms with Gasteiger partial charge in [0, 0.05) is 35.6 Å². The summed E-state index contributed by atoms with van der Waals surface area (Å²) in [6.07, 6.45) is 1.80. The number of anilines is 1. The SMILES string of the molecule is CCCCNC(=O)[C@@H](Cc1ccccc1)N(Cc1ccc(Cl)cc1)C(=O)CN(c1cc(Cl)ccc1OC)S(=O)(=O)c1ccc(OC)c(OC)c1. The maximum Gasteiger partial charge on any atom is 0.265 e. The van der Waals surface area contributed by atoms with Gasteiger partial charge in [0.25, 0.3) is 10.0 Å². The summed E-state index contributed by atoms with van der Waals surface area (Å²) in [5, 5.41) is 3.70. The predicted molar refractivity (Wildman–Crippen MR) is 196 cm³/mol. The molecule has 4 rings (SSSR count). The summed E-state index contributed by atoms with van der Waals surface area (Å²) in [5.74, 6) is -0.346. The molecule has 0 bridgehead atoms. The Bertz CT molecular complexity index is 1860. The van der Waals surface area contributed by atoms with E-state index < -0.39 is 28.5 Å². The third kappa shape index (κ3) is 9.62. The average Bonchev–Trinajstić information content (AvgIpc) is 3.12. The lowest BCUT2D eigenvalue weighted by molar-refractivity contribution is -0.140. The fourth-order valence-corrected chi connectivity index (χ4v) is 7.05. The fourth-order valence-electron chi connectivity index (χ4n) is 5.32. The minimum absolute atomic E-state index is 0.00831. The van der Waals surface area contributed by atoms with Crippen LogP contribution in [0.25, 0.3) is 0 Å². The number of unbranched alkanes of at least 4 members (excludes halogenated alkanes) is 1. The van der Waals surface area contributed by atoms with E-state index in [1.807, 2.05) is 37.3 Å². The molecule has 0 saturated heterocycles. The topological polar surface area (TPSA) is 114 Å². The third-order valence-electron chi connectivity index (χ3n) is 8.00. The molecule has 0 aliphatic rings. The highest BCUT2D eigenvalue weighted by molar-refractivity contribution is 7.92. The molecule has 10 nitrogen and oxygen atoms in total. The Morgan fingerprint density at radius 3 is 2.06 bits per heavy atom. The molecule has 0 unspecified atom stereocenters. The van der Waals surface area contributed by atoms with Gasteiger partial charge in [0.05, 0.1) is 31.9 Å². The number of hydrogen-bond acceptors (Lipinski definition) is 7. The zero-order valence-corrected chi connectivity index (χ0v) is 30.7. The van der Waals surface area contributed by atoms with Crippen LogP contribution in [0.4, 0.5) is 5.69 Å². The van der Waals surface area contributed by atoms with Gasteiger partial charge in [0.2, 0.25) is 11.8 Å². The Morgan fingerprint density at radius 1 is 0.780 bits per heavy atom. The molecule has 4 aromatic carbocycles. The van der Waals surface area contributed by atoms with E-state index in [2.05, 4.69) is 5.32 Å². The van der Waals surface area contributed by atoms with Crippen LogP contribution in [0.2, 0.25) is 10.0 Å². The van der Waals surface area contributed by atoms with Crippen molar-refractivity contribution in [3.05, 3.63) is 112 Å². The predicted octanol–water partition coefficient (Wildman–Crippen LogP) is 6.77. The molecule has 4 aromatic rings. The van der Waals surface area contributed by atoms with E-state index in [0.29, 0.717) is 22.9 Å². The number of hydrogen-bond donors (Lipinski definition) is 1. The van der Waals surface area contributed by atoms with Crippen molar-refractivity contribution in [2.75, 3.05) is 38.7 Å². The molecule has 0 aliphatic heterocycles. The van der Waals surface area contributed by atoms with E-state index >= 15 is 0 Å². The van der Waals surface area contributed by atoms with Gasteiger partial charge in [-0.15, -0.1) is 0 Å². The van der Waals surface area contributed by atoms with Crippen molar-refractivity contribution in [1.29, 1.82) is 0 Å². The number of nitrogens with zero attached hydrogens (tertiary/aromatic N) is 2. The average molecular weight is 743 g/mol. The van der Waals surface area contributed by atoms with Gasteiger partial charge in [-0.05, 0) is 60.0 Å². The quantitative estimate of drug-likeness (QED) is 0.119.